The Morgan fingerprint density at radius 3 is 3.00 bits per heavy atom. The molecule has 0 aliphatic carbocycles. The van der Waals surface area contributed by atoms with Gasteiger partial charge in [0, 0.05) is 6.20 Å². The minimum absolute atomic E-state index is 0.783. The zero-order chi connectivity index (χ0) is 9.97. The molecule has 0 bridgehead atoms. The van der Waals surface area contributed by atoms with Crippen molar-refractivity contribution >= 4 is 28.8 Å². The van der Waals surface area contributed by atoms with Crippen LogP contribution in [0.4, 0.5) is 5.69 Å². The maximum Gasteiger partial charge on any atom is 0.125 e. The zero-order valence-electron chi connectivity index (χ0n) is 7.73. The third-order valence-electron chi connectivity index (χ3n) is 1.86. The van der Waals surface area contributed by atoms with Crippen LogP contribution in [0.25, 0.3) is 0 Å². The summed E-state index contributed by atoms with van der Waals surface area (Å²) in [5.74, 6) is 0. The average molecular weight is 222 g/mol. The number of aromatic nitrogens is 1. The standard InChI is InChI=1S/C10H10N2S2/c1-7-4-5-12-10(9(7)11)14-8-3-2-6-13-8/h2-6H,11H2,1H3. The van der Waals surface area contributed by atoms with Crippen LogP contribution in [0.15, 0.2) is 39.0 Å². The number of rotatable bonds is 2. The summed E-state index contributed by atoms with van der Waals surface area (Å²) in [5, 5.41) is 2.95. The van der Waals surface area contributed by atoms with E-state index in [1.54, 1.807) is 29.3 Å². The Balaban J connectivity index is 2.29. The van der Waals surface area contributed by atoms with Crippen molar-refractivity contribution in [3.8, 4) is 0 Å². The maximum atomic E-state index is 5.92. The fraction of sp³-hybridized carbons (Fsp3) is 0.100. The van der Waals surface area contributed by atoms with E-state index in [1.807, 2.05) is 24.4 Å². The summed E-state index contributed by atoms with van der Waals surface area (Å²) in [7, 11) is 0. The number of aryl methyl sites for hydroxylation is 1. The number of pyridine rings is 1. The van der Waals surface area contributed by atoms with E-state index >= 15 is 0 Å². The first kappa shape index (κ1) is 9.55. The number of thiophene rings is 1. The highest BCUT2D eigenvalue weighted by Crippen LogP contribution is 2.33. The van der Waals surface area contributed by atoms with Crippen molar-refractivity contribution in [3.63, 3.8) is 0 Å². The van der Waals surface area contributed by atoms with Gasteiger partial charge in [0.25, 0.3) is 0 Å². The topological polar surface area (TPSA) is 38.9 Å². The summed E-state index contributed by atoms with van der Waals surface area (Å²) in [5.41, 5.74) is 7.79. The van der Waals surface area contributed by atoms with E-state index in [0.29, 0.717) is 0 Å². The molecule has 2 nitrogen and oxygen atoms in total. The second-order valence-electron chi connectivity index (χ2n) is 2.88. The van der Waals surface area contributed by atoms with Crippen molar-refractivity contribution in [3.05, 3.63) is 35.3 Å². The summed E-state index contributed by atoms with van der Waals surface area (Å²) < 4.78 is 1.22. The first-order valence-electron chi connectivity index (χ1n) is 4.20. The number of nitrogen functional groups attached to an aromatic ring is 1. The molecular weight excluding hydrogens is 212 g/mol. The lowest BCUT2D eigenvalue weighted by Gasteiger charge is -2.04. The van der Waals surface area contributed by atoms with E-state index in [0.717, 1.165) is 16.3 Å². The molecule has 0 amide bonds. The SMILES string of the molecule is Cc1ccnc(Sc2cccs2)c1N. The highest BCUT2D eigenvalue weighted by atomic mass is 32.2. The van der Waals surface area contributed by atoms with E-state index in [1.165, 1.54) is 4.21 Å². The molecule has 0 saturated carbocycles. The predicted molar refractivity (Wildman–Crippen MR) is 61.8 cm³/mol. The summed E-state index contributed by atoms with van der Waals surface area (Å²) in [6.45, 7) is 2.00. The predicted octanol–water partition coefficient (Wildman–Crippen LogP) is 3.18. The molecule has 2 N–H and O–H groups in total. The van der Waals surface area contributed by atoms with Gasteiger partial charge >= 0.3 is 0 Å². The van der Waals surface area contributed by atoms with E-state index in [4.69, 9.17) is 5.73 Å². The molecule has 0 atom stereocenters. The largest absolute Gasteiger partial charge is 0.396 e. The van der Waals surface area contributed by atoms with E-state index in [9.17, 15) is 0 Å². The quantitative estimate of drug-likeness (QED) is 0.848. The summed E-state index contributed by atoms with van der Waals surface area (Å²) in [4.78, 5) is 4.26. The zero-order valence-corrected chi connectivity index (χ0v) is 9.36. The Hall–Kier alpha value is -1.00. The van der Waals surface area contributed by atoms with Gasteiger partial charge in [-0.25, -0.2) is 4.98 Å². The van der Waals surface area contributed by atoms with Crippen molar-refractivity contribution in [2.45, 2.75) is 16.2 Å². The van der Waals surface area contributed by atoms with Crippen LogP contribution in [-0.4, -0.2) is 4.98 Å². The Morgan fingerprint density at radius 1 is 1.43 bits per heavy atom. The number of anilines is 1. The molecule has 0 aliphatic heterocycles. The van der Waals surface area contributed by atoms with Crippen LogP contribution in [0, 0.1) is 6.92 Å². The molecule has 0 fully saturated rings. The van der Waals surface area contributed by atoms with E-state index in [2.05, 4.69) is 11.1 Å². The van der Waals surface area contributed by atoms with Gasteiger partial charge in [-0.3, -0.25) is 0 Å². The highest BCUT2D eigenvalue weighted by molar-refractivity contribution is 8.01. The second kappa shape index (κ2) is 4.02. The first-order valence-corrected chi connectivity index (χ1v) is 5.89. The summed E-state index contributed by atoms with van der Waals surface area (Å²) in [6, 6.07) is 6.02. The molecule has 0 aliphatic rings. The highest BCUT2D eigenvalue weighted by Gasteiger charge is 2.05. The number of hydrogen-bond acceptors (Lipinski definition) is 4. The van der Waals surface area contributed by atoms with Crippen LogP contribution in [0.3, 0.4) is 0 Å². The monoisotopic (exact) mass is 222 g/mol. The average Bonchev–Trinajstić information content (AvgIpc) is 2.66. The fourth-order valence-electron chi connectivity index (χ4n) is 1.04. The van der Waals surface area contributed by atoms with Crippen LogP contribution in [0.1, 0.15) is 5.56 Å². The van der Waals surface area contributed by atoms with Gasteiger partial charge in [-0.15, -0.1) is 11.3 Å². The third kappa shape index (κ3) is 1.91. The molecular formula is C10H10N2S2. The van der Waals surface area contributed by atoms with Gasteiger partial charge in [0.05, 0.1) is 9.90 Å². The van der Waals surface area contributed by atoms with Crippen molar-refractivity contribution in [1.29, 1.82) is 0 Å². The third-order valence-corrected chi connectivity index (χ3v) is 3.92. The minimum Gasteiger partial charge on any atom is -0.396 e. The van der Waals surface area contributed by atoms with Gasteiger partial charge in [0.15, 0.2) is 0 Å². The number of nitrogens with two attached hydrogens (primary N) is 1. The van der Waals surface area contributed by atoms with Crippen molar-refractivity contribution < 1.29 is 0 Å². The molecule has 2 aromatic heterocycles. The normalized spacial score (nSPS) is 10.4. The molecule has 0 spiro atoms. The van der Waals surface area contributed by atoms with Gasteiger partial charge in [-0.2, -0.15) is 0 Å². The minimum atomic E-state index is 0.783. The lowest BCUT2D eigenvalue weighted by atomic mass is 10.3. The van der Waals surface area contributed by atoms with Crippen LogP contribution in [0.2, 0.25) is 0 Å². The van der Waals surface area contributed by atoms with Gasteiger partial charge in [-0.05, 0) is 30.0 Å². The van der Waals surface area contributed by atoms with Gasteiger partial charge < -0.3 is 5.73 Å². The molecule has 2 rings (SSSR count). The Labute approximate surface area is 91.2 Å². The Kier molecular flexibility index (Phi) is 2.74. The Morgan fingerprint density at radius 2 is 2.29 bits per heavy atom. The smallest absolute Gasteiger partial charge is 0.125 e. The first-order chi connectivity index (χ1) is 6.77. The molecule has 0 radical (unpaired) electrons. The summed E-state index contributed by atoms with van der Waals surface area (Å²) in [6.07, 6.45) is 1.79. The molecule has 14 heavy (non-hydrogen) atoms. The van der Waals surface area contributed by atoms with Crippen LogP contribution >= 0.6 is 23.1 Å². The van der Waals surface area contributed by atoms with Gasteiger partial charge in [0.2, 0.25) is 0 Å². The van der Waals surface area contributed by atoms with E-state index in [-0.39, 0.29) is 0 Å². The van der Waals surface area contributed by atoms with Crippen molar-refractivity contribution in [2.24, 2.45) is 0 Å². The summed E-state index contributed by atoms with van der Waals surface area (Å²) >= 11 is 3.32. The molecule has 0 unspecified atom stereocenters. The molecule has 0 saturated heterocycles. The van der Waals surface area contributed by atoms with Gasteiger partial charge in [-0.1, -0.05) is 17.8 Å². The molecule has 2 aromatic rings. The van der Waals surface area contributed by atoms with E-state index < -0.39 is 0 Å². The molecule has 2 heterocycles. The van der Waals surface area contributed by atoms with Crippen LogP contribution < -0.4 is 5.73 Å². The number of hydrogen-bond donors (Lipinski definition) is 1. The number of nitrogens with zero attached hydrogens (tertiary/aromatic N) is 1. The molecule has 4 heteroatoms. The molecule has 72 valence electrons. The van der Waals surface area contributed by atoms with Crippen molar-refractivity contribution in [1.82, 2.24) is 4.98 Å². The lowest BCUT2D eigenvalue weighted by molar-refractivity contribution is 1.12. The van der Waals surface area contributed by atoms with Crippen molar-refractivity contribution in [2.75, 3.05) is 5.73 Å². The maximum absolute atomic E-state index is 5.92. The van der Waals surface area contributed by atoms with Crippen LogP contribution in [0.5, 0.6) is 0 Å². The Bertz CT molecular complexity index is 424. The lowest BCUT2D eigenvalue weighted by Crippen LogP contribution is -1.94. The molecule has 0 aromatic carbocycles. The fourth-order valence-corrected chi connectivity index (χ4v) is 2.81. The van der Waals surface area contributed by atoms with Gasteiger partial charge in [0.1, 0.15) is 5.03 Å². The second-order valence-corrected chi connectivity index (χ2v) is 5.12. The van der Waals surface area contributed by atoms with Crippen LogP contribution in [-0.2, 0) is 0 Å².